The number of aryl methyl sites for hydroxylation is 2. The Bertz CT molecular complexity index is 635. The van der Waals surface area contributed by atoms with Crippen LogP contribution in [0.4, 0.5) is 4.79 Å². The number of nitrogens with one attached hydrogen (secondary N) is 1. The highest BCUT2D eigenvalue weighted by molar-refractivity contribution is 8.13. The molecule has 0 heterocycles. The molecule has 0 aromatic heterocycles. The molecule has 5 nitrogen and oxygen atoms in total. The molecule has 0 fully saturated rings. The molecule has 0 spiro atoms. The van der Waals surface area contributed by atoms with Crippen LogP contribution in [0.25, 0.3) is 0 Å². The first-order valence-corrected chi connectivity index (χ1v) is 9.42. The highest BCUT2D eigenvalue weighted by atomic mass is 35.7. The fourth-order valence-electron chi connectivity index (χ4n) is 1.87. The second-order valence-electron chi connectivity index (χ2n) is 6.11. The number of hydrogen-bond donors (Lipinski definition) is 1. The van der Waals surface area contributed by atoms with Crippen LogP contribution < -0.4 is 5.32 Å². The molecule has 0 aliphatic carbocycles. The van der Waals surface area contributed by atoms with Crippen molar-refractivity contribution < 1.29 is 17.9 Å². The quantitative estimate of drug-likeness (QED) is 0.830. The van der Waals surface area contributed by atoms with Crippen LogP contribution >= 0.6 is 10.7 Å². The van der Waals surface area contributed by atoms with Crippen molar-refractivity contribution in [3.8, 4) is 0 Å². The number of benzene rings is 1. The summed E-state index contributed by atoms with van der Waals surface area (Å²) in [5, 5.41) is 2.68. The number of rotatable bonds is 5. The Balaban J connectivity index is 2.60. The molecule has 0 radical (unpaired) electrons. The van der Waals surface area contributed by atoms with E-state index in [0.717, 1.165) is 16.7 Å². The molecule has 0 bridgehead atoms. The lowest BCUT2D eigenvalue weighted by molar-refractivity contribution is 0.0523. The number of ether oxygens (including phenoxy) is 1. The number of carbonyl (C=O) groups excluding carboxylic acids is 1. The van der Waals surface area contributed by atoms with Gasteiger partial charge in [0.1, 0.15) is 5.60 Å². The minimum atomic E-state index is -3.49. The highest BCUT2D eigenvalue weighted by Crippen LogP contribution is 2.14. The van der Waals surface area contributed by atoms with Crippen molar-refractivity contribution >= 4 is 25.8 Å². The van der Waals surface area contributed by atoms with Crippen molar-refractivity contribution in [1.29, 1.82) is 0 Å². The molecule has 1 N–H and O–H groups in total. The van der Waals surface area contributed by atoms with E-state index in [-0.39, 0.29) is 5.75 Å². The second-order valence-corrected chi connectivity index (χ2v) is 9.01. The number of amides is 1. The van der Waals surface area contributed by atoms with Gasteiger partial charge in [-0.15, -0.1) is 0 Å². The van der Waals surface area contributed by atoms with Crippen molar-refractivity contribution in [2.45, 2.75) is 46.3 Å². The predicted molar refractivity (Wildman–Crippen MR) is 87.6 cm³/mol. The average Bonchev–Trinajstić information content (AvgIpc) is 2.32. The fourth-order valence-corrected chi connectivity index (χ4v) is 2.56. The van der Waals surface area contributed by atoms with Crippen molar-refractivity contribution in [1.82, 2.24) is 5.32 Å². The van der Waals surface area contributed by atoms with Crippen LogP contribution in [0.5, 0.6) is 0 Å². The van der Waals surface area contributed by atoms with Crippen LogP contribution in [0.3, 0.4) is 0 Å². The number of carbonyl (C=O) groups is 1. The first-order chi connectivity index (χ1) is 9.96. The molecular formula is C15H22ClNO4S. The summed E-state index contributed by atoms with van der Waals surface area (Å²) in [7, 11) is 1.73. The molecule has 1 aromatic rings. The van der Waals surface area contributed by atoms with Crippen LogP contribution in [-0.2, 0) is 26.8 Å². The molecule has 0 aliphatic heterocycles. The molecule has 22 heavy (non-hydrogen) atoms. The van der Waals surface area contributed by atoms with Crippen LogP contribution in [0.1, 0.15) is 37.5 Å². The molecule has 0 saturated carbocycles. The standard InChI is InChI=1S/C15H22ClNO4S/c1-11-9-12(10-17-14(18)21-15(2,3)4)5-6-13(11)7-8-22(16,19)20/h5-6,9H,7-8,10H2,1-4H3,(H,17,18). The molecule has 7 heteroatoms. The maximum Gasteiger partial charge on any atom is 0.407 e. The molecule has 0 saturated heterocycles. The van der Waals surface area contributed by atoms with Crippen LogP contribution in [0.2, 0.25) is 0 Å². The Labute approximate surface area is 136 Å². The normalized spacial score (nSPS) is 12.0. The smallest absolute Gasteiger partial charge is 0.407 e. The van der Waals surface area contributed by atoms with Crippen LogP contribution in [-0.4, -0.2) is 25.9 Å². The summed E-state index contributed by atoms with van der Waals surface area (Å²) in [4.78, 5) is 11.6. The number of alkyl carbamates (subject to hydrolysis) is 1. The van der Waals surface area contributed by atoms with Gasteiger partial charge in [-0.25, -0.2) is 13.2 Å². The maximum atomic E-state index is 11.6. The van der Waals surface area contributed by atoms with Gasteiger partial charge in [0.15, 0.2) is 0 Å². The average molecular weight is 348 g/mol. The minimum absolute atomic E-state index is 0.0924. The van der Waals surface area contributed by atoms with E-state index in [1.807, 2.05) is 25.1 Å². The number of hydrogen-bond acceptors (Lipinski definition) is 4. The van der Waals surface area contributed by atoms with E-state index in [9.17, 15) is 13.2 Å². The zero-order valence-electron chi connectivity index (χ0n) is 13.3. The lowest BCUT2D eigenvalue weighted by Gasteiger charge is -2.19. The molecule has 0 unspecified atom stereocenters. The third-order valence-corrected chi connectivity index (χ3v) is 4.01. The Kier molecular flexibility index (Phi) is 6.26. The van der Waals surface area contributed by atoms with Gasteiger partial charge in [-0.3, -0.25) is 0 Å². The first-order valence-electron chi connectivity index (χ1n) is 6.94. The zero-order valence-corrected chi connectivity index (χ0v) is 14.8. The summed E-state index contributed by atoms with van der Waals surface area (Å²) < 4.78 is 27.1. The van der Waals surface area contributed by atoms with Gasteiger partial charge >= 0.3 is 6.09 Å². The van der Waals surface area contributed by atoms with E-state index in [0.29, 0.717) is 13.0 Å². The molecular weight excluding hydrogens is 326 g/mol. The summed E-state index contributed by atoms with van der Waals surface area (Å²) in [6.45, 7) is 7.65. The molecule has 0 atom stereocenters. The number of halogens is 1. The van der Waals surface area contributed by atoms with Crippen LogP contribution in [0.15, 0.2) is 18.2 Å². The van der Waals surface area contributed by atoms with Gasteiger partial charge in [-0.1, -0.05) is 18.2 Å². The summed E-state index contributed by atoms with van der Waals surface area (Å²) in [6, 6.07) is 5.61. The van der Waals surface area contributed by atoms with Gasteiger partial charge in [-0.2, -0.15) is 0 Å². The molecule has 124 valence electrons. The Morgan fingerprint density at radius 1 is 1.32 bits per heavy atom. The van der Waals surface area contributed by atoms with Gasteiger partial charge in [0, 0.05) is 17.2 Å². The fraction of sp³-hybridized carbons (Fsp3) is 0.533. The first kappa shape index (κ1) is 18.8. The van der Waals surface area contributed by atoms with E-state index < -0.39 is 20.7 Å². The monoisotopic (exact) mass is 347 g/mol. The summed E-state index contributed by atoms with van der Waals surface area (Å²) >= 11 is 0. The highest BCUT2D eigenvalue weighted by Gasteiger charge is 2.15. The van der Waals surface area contributed by atoms with Gasteiger partial charge in [0.25, 0.3) is 0 Å². The van der Waals surface area contributed by atoms with Crippen molar-refractivity contribution in [3.05, 3.63) is 34.9 Å². The van der Waals surface area contributed by atoms with Gasteiger partial charge in [-0.05, 0) is 50.8 Å². The van der Waals surface area contributed by atoms with Crippen LogP contribution in [0, 0.1) is 6.92 Å². The van der Waals surface area contributed by atoms with Crippen molar-refractivity contribution in [2.24, 2.45) is 0 Å². The maximum absolute atomic E-state index is 11.6. The molecule has 1 rings (SSSR count). The second kappa shape index (κ2) is 7.33. The summed E-state index contributed by atoms with van der Waals surface area (Å²) in [6.07, 6.45) is -0.0975. The molecule has 1 aromatic carbocycles. The van der Waals surface area contributed by atoms with Gasteiger partial charge in [0.05, 0.1) is 5.75 Å². The largest absolute Gasteiger partial charge is 0.444 e. The molecule has 0 aliphatic rings. The molecule has 1 amide bonds. The topological polar surface area (TPSA) is 72.5 Å². The summed E-state index contributed by atoms with van der Waals surface area (Å²) in [5.74, 6) is -0.0924. The predicted octanol–water partition coefficient (Wildman–Crippen LogP) is 3.13. The van der Waals surface area contributed by atoms with E-state index in [1.54, 1.807) is 20.8 Å². The third kappa shape index (κ3) is 7.66. The Hall–Kier alpha value is -1.27. The van der Waals surface area contributed by atoms with E-state index in [2.05, 4.69) is 5.32 Å². The van der Waals surface area contributed by atoms with Gasteiger partial charge in [0.2, 0.25) is 9.05 Å². The van der Waals surface area contributed by atoms with Crippen molar-refractivity contribution in [2.75, 3.05) is 5.75 Å². The van der Waals surface area contributed by atoms with E-state index >= 15 is 0 Å². The lowest BCUT2D eigenvalue weighted by Crippen LogP contribution is -2.32. The Morgan fingerprint density at radius 2 is 1.95 bits per heavy atom. The minimum Gasteiger partial charge on any atom is -0.444 e. The van der Waals surface area contributed by atoms with E-state index in [1.165, 1.54) is 0 Å². The van der Waals surface area contributed by atoms with Crippen molar-refractivity contribution in [3.63, 3.8) is 0 Å². The lowest BCUT2D eigenvalue weighted by atomic mass is 10.0. The third-order valence-electron chi connectivity index (χ3n) is 2.86. The summed E-state index contributed by atoms with van der Waals surface area (Å²) in [5.41, 5.74) is 2.27. The van der Waals surface area contributed by atoms with Gasteiger partial charge < -0.3 is 10.1 Å². The zero-order chi connectivity index (χ0) is 17.0. The Morgan fingerprint density at radius 3 is 2.45 bits per heavy atom. The SMILES string of the molecule is Cc1cc(CNC(=O)OC(C)(C)C)ccc1CCS(=O)(=O)Cl. The van der Waals surface area contributed by atoms with E-state index in [4.69, 9.17) is 15.4 Å².